The average Bonchev–Trinajstić information content (AvgIpc) is 2.66. The Kier molecular flexibility index (Phi) is 2.83. The molecule has 0 fully saturated rings. The fraction of sp³-hybridized carbons (Fsp3) is 0.154. The largest absolute Gasteiger partial charge is 0.369 e. The van der Waals surface area contributed by atoms with Crippen LogP contribution in [0.4, 0.5) is 5.95 Å². The Morgan fingerprint density at radius 2 is 2.11 bits per heavy atom. The van der Waals surface area contributed by atoms with Crippen molar-refractivity contribution in [3.05, 3.63) is 47.0 Å². The van der Waals surface area contributed by atoms with E-state index in [-0.39, 0.29) is 0 Å². The van der Waals surface area contributed by atoms with E-state index in [1.54, 1.807) is 12.3 Å². The molecule has 2 N–H and O–H groups in total. The molecule has 0 radical (unpaired) electrons. The van der Waals surface area contributed by atoms with Gasteiger partial charge in [-0.15, -0.1) is 0 Å². The van der Waals surface area contributed by atoms with Gasteiger partial charge in [0.25, 0.3) is 0 Å². The van der Waals surface area contributed by atoms with Crippen molar-refractivity contribution in [2.45, 2.75) is 13.5 Å². The summed E-state index contributed by atoms with van der Waals surface area (Å²) in [6, 6.07) is 7.38. The number of hydrogen-bond acceptors (Lipinski definition) is 4. The van der Waals surface area contributed by atoms with Crippen molar-refractivity contribution in [2.24, 2.45) is 0 Å². The second-order valence-electron chi connectivity index (χ2n) is 4.28. The van der Waals surface area contributed by atoms with Crippen LogP contribution >= 0.6 is 11.6 Å². The van der Waals surface area contributed by atoms with Crippen LogP contribution in [-0.4, -0.2) is 19.5 Å². The van der Waals surface area contributed by atoms with Gasteiger partial charge in [0.1, 0.15) is 5.82 Å². The quantitative estimate of drug-likeness (QED) is 0.778. The smallest absolute Gasteiger partial charge is 0.201 e. The van der Waals surface area contributed by atoms with Gasteiger partial charge in [-0.25, -0.2) is 15.0 Å². The molecule has 3 rings (SSSR count). The van der Waals surface area contributed by atoms with Gasteiger partial charge in [0, 0.05) is 11.2 Å². The number of benzene rings is 1. The first-order valence-corrected chi connectivity index (χ1v) is 6.21. The van der Waals surface area contributed by atoms with Crippen LogP contribution < -0.4 is 5.73 Å². The number of hydrogen-bond donors (Lipinski definition) is 1. The van der Waals surface area contributed by atoms with Gasteiger partial charge in [0.15, 0.2) is 0 Å². The van der Waals surface area contributed by atoms with E-state index < -0.39 is 0 Å². The molecule has 19 heavy (non-hydrogen) atoms. The van der Waals surface area contributed by atoms with Crippen molar-refractivity contribution in [3.63, 3.8) is 0 Å². The van der Waals surface area contributed by atoms with Gasteiger partial charge in [0.05, 0.1) is 23.3 Å². The molecule has 0 atom stereocenters. The first kappa shape index (κ1) is 11.9. The lowest BCUT2D eigenvalue weighted by molar-refractivity contribution is 0.795. The van der Waals surface area contributed by atoms with Crippen molar-refractivity contribution < 1.29 is 0 Å². The molecule has 2 aromatic heterocycles. The molecule has 0 aliphatic heterocycles. The van der Waals surface area contributed by atoms with Crippen molar-refractivity contribution >= 4 is 28.6 Å². The fourth-order valence-electron chi connectivity index (χ4n) is 2.04. The number of aromatic nitrogens is 4. The van der Waals surface area contributed by atoms with Crippen molar-refractivity contribution in [1.29, 1.82) is 0 Å². The van der Waals surface area contributed by atoms with Crippen LogP contribution in [0.5, 0.6) is 0 Å². The number of anilines is 1. The van der Waals surface area contributed by atoms with Crippen LogP contribution in [0.25, 0.3) is 11.0 Å². The SMILES string of the molecule is Cc1nccc(Cn2c(N)nc3ccc(Cl)cc32)n1. The molecule has 0 aliphatic rings. The second kappa shape index (κ2) is 4.51. The summed E-state index contributed by atoms with van der Waals surface area (Å²) in [6.45, 7) is 2.40. The molecular formula is C13H12ClN5. The van der Waals surface area contributed by atoms with Crippen LogP contribution in [0, 0.1) is 6.92 Å². The molecular weight excluding hydrogens is 262 g/mol. The Hall–Kier alpha value is -2.14. The topological polar surface area (TPSA) is 69.6 Å². The minimum atomic E-state index is 0.452. The van der Waals surface area contributed by atoms with Gasteiger partial charge in [-0.3, -0.25) is 0 Å². The third kappa shape index (κ3) is 2.24. The summed E-state index contributed by atoms with van der Waals surface area (Å²) < 4.78 is 1.89. The third-order valence-electron chi connectivity index (χ3n) is 2.89. The van der Waals surface area contributed by atoms with Gasteiger partial charge in [-0.05, 0) is 31.2 Å². The Morgan fingerprint density at radius 1 is 1.26 bits per heavy atom. The highest BCUT2D eigenvalue weighted by molar-refractivity contribution is 6.31. The van der Waals surface area contributed by atoms with Crippen LogP contribution in [-0.2, 0) is 6.54 Å². The number of halogens is 1. The van der Waals surface area contributed by atoms with Gasteiger partial charge < -0.3 is 10.3 Å². The van der Waals surface area contributed by atoms with E-state index in [0.29, 0.717) is 17.5 Å². The average molecular weight is 274 g/mol. The molecule has 96 valence electrons. The van der Waals surface area contributed by atoms with Gasteiger partial charge in [-0.2, -0.15) is 0 Å². The Bertz CT molecular complexity index is 750. The van der Waals surface area contributed by atoms with E-state index in [1.165, 1.54) is 0 Å². The highest BCUT2D eigenvalue weighted by Crippen LogP contribution is 2.22. The Balaban J connectivity index is 2.09. The van der Waals surface area contributed by atoms with E-state index in [2.05, 4.69) is 15.0 Å². The van der Waals surface area contributed by atoms with Crippen molar-refractivity contribution in [1.82, 2.24) is 19.5 Å². The van der Waals surface area contributed by atoms with E-state index in [1.807, 2.05) is 29.7 Å². The summed E-state index contributed by atoms with van der Waals surface area (Å²) in [4.78, 5) is 12.8. The second-order valence-corrected chi connectivity index (χ2v) is 4.72. The minimum Gasteiger partial charge on any atom is -0.369 e. The third-order valence-corrected chi connectivity index (χ3v) is 3.13. The molecule has 0 saturated heterocycles. The molecule has 0 amide bonds. The number of aryl methyl sites for hydroxylation is 1. The van der Waals surface area contributed by atoms with Crippen LogP contribution in [0.1, 0.15) is 11.5 Å². The van der Waals surface area contributed by atoms with Gasteiger partial charge >= 0.3 is 0 Å². The van der Waals surface area contributed by atoms with Gasteiger partial charge in [0.2, 0.25) is 5.95 Å². The minimum absolute atomic E-state index is 0.452. The van der Waals surface area contributed by atoms with Gasteiger partial charge in [-0.1, -0.05) is 11.6 Å². The lowest BCUT2D eigenvalue weighted by Crippen LogP contribution is -2.06. The number of nitrogens with zero attached hydrogens (tertiary/aromatic N) is 4. The molecule has 3 aromatic rings. The normalized spacial score (nSPS) is 11.1. The molecule has 0 unspecified atom stereocenters. The molecule has 2 heterocycles. The van der Waals surface area contributed by atoms with E-state index >= 15 is 0 Å². The van der Waals surface area contributed by atoms with Crippen LogP contribution in [0.3, 0.4) is 0 Å². The molecule has 5 nitrogen and oxygen atoms in total. The monoisotopic (exact) mass is 273 g/mol. The zero-order valence-corrected chi connectivity index (χ0v) is 11.1. The Labute approximate surface area is 115 Å². The predicted octanol–water partition coefficient (Wildman–Crippen LogP) is 2.42. The Morgan fingerprint density at radius 3 is 2.89 bits per heavy atom. The zero-order chi connectivity index (χ0) is 13.4. The number of fused-ring (bicyclic) bond motifs is 1. The number of nitrogens with two attached hydrogens (primary N) is 1. The first-order chi connectivity index (χ1) is 9.13. The maximum absolute atomic E-state index is 6.02. The standard InChI is InChI=1S/C13H12ClN5/c1-8-16-5-4-10(17-8)7-19-12-6-9(14)2-3-11(12)18-13(19)15/h2-6H,7H2,1H3,(H2,15,18). The molecule has 0 bridgehead atoms. The zero-order valence-electron chi connectivity index (χ0n) is 10.3. The fourth-order valence-corrected chi connectivity index (χ4v) is 2.20. The summed E-state index contributed by atoms with van der Waals surface area (Å²) >= 11 is 6.02. The summed E-state index contributed by atoms with van der Waals surface area (Å²) in [5.41, 5.74) is 8.57. The van der Waals surface area contributed by atoms with E-state index in [4.69, 9.17) is 17.3 Å². The summed E-state index contributed by atoms with van der Waals surface area (Å²) in [5, 5.41) is 0.660. The molecule has 0 saturated carbocycles. The predicted molar refractivity (Wildman–Crippen MR) is 75.0 cm³/mol. The summed E-state index contributed by atoms with van der Waals surface area (Å²) in [5.74, 6) is 1.19. The van der Waals surface area contributed by atoms with Crippen LogP contribution in [0.15, 0.2) is 30.5 Å². The molecule has 6 heteroatoms. The number of imidazole rings is 1. The highest BCUT2D eigenvalue weighted by atomic mass is 35.5. The lowest BCUT2D eigenvalue weighted by Gasteiger charge is -2.06. The number of nitrogen functional groups attached to an aromatic ring is 1. The van der Waals surface area contributed by atoms with Crippen LogP contribution in [0.2, 0.25) is 5.02 Å². The lowest BCUT2D eigenvalue weighted by atomic mass is 10.3. The summed E-state index contributed by atoms with van der Waals surface area (Å²) in [7, 11) is 0. The number of rotatable bonds is 2. The maximum Gasteiger partial charge on any atom is 0.201 e. The molecule has 1 aromatic carbocycles. The molecule has 0 aliphatic carbocycles. The van der Waals surface area contributed by atoms with E-state index in [0.717, 1.165) is 22.6 Å². The highest BCUT2D eigenvalue weighted by Gasteiger charge is 2.09. The van der Waals surface area contributed by atoms with Crippen molar-refractivity contribution in [2.75, 3.05) is 5.73 Å². The van der Waals surface area contributed by atoms with E-state index in [9.17, 15) is 0 Å². The maximum atomic E-state index is 6.02. The summed E-state index contributed by atoms with van der Waals surface area (Å²) in [6.07, 6.45) is 1.74. The first-order valence-electron chi connectivity index (χ1n) is 5.83. The van der Waals surface area contributed by atoms with Crippen molar-refractivity contribution in [3.8, 4) is 0 Å². The molecule has 0 spiro atoms.